The molecule has 1 amide bonds. The SMILES string of the molecule is CNC(C)(CC(N)=O)C1(C)CC1. The maximum Gasteiger partial charge on any atom is 0.219 e. The van der Waals surface area contributed by atoms with E-state index in [0.717, 1.165) is 0 Å². The van der Waals surface area contributed by atoms with E-state index in [9.17, 15) is 4.79 Å². The number of amides is 1. The standard InChI is InChI=1S/C9H18N2O/c1-8(4-5-8)9(2,11-3)6-7(10)12/h11H,4-6H2,1-3H3,(H2,10,12). The van der Waals surface area contributed by atoms with Crippen molar-refractivity contribution in [2.75, 3.05) is 7.05 Å². The van der Waals surface area contributed by atoms with Crippen LogP contribution in [0.25, 0.3) is 0 Å². The average molecular weight is 170 g/mol. The number of carbonyl (C=O) groups is 1. The molecule has 1 rings (SSSR count). The Balaban J connectivity index is 2.68. The Labute approximate surface area is 73.7 Å². The van der Waals surface area contributed by atoms with Crippen molar-refractivity contribution >= 4 is 5.91 Å². The van der Waals surface area contributed by atoms with Gasteiger partial charge in [-0.25, -0.2) is 0 Å². The van der Waals surface area contributed by atoms with Crippen molar-refractivity contribution < 1.29 is 4.79 Å². The summed E-state index contributed by atoms with van der Waals surface area (Å²) in [6.45, 7) is 4.28. The third kappa shape index (κ3) is 1.46. The van der Waals surface area contributed by atoms with Crippen LogP contribution in [-0.4, -0.2) is 18.5 Å². The Hall–Kier alpha value is -0.570. The molecule has 1 aliphatic rings. The first-order valence-corrected chi connectivity index (χ1v) is 4.41. The second-order valence-corrected chi connectivity index (χ2v) is 4.29. The van der Waals surface area contributed by atoms with Crippen LogP contribution in [0.15, 0.2) is 0 Å². The molecular formula is C9H18N2O. The summed E-state index contributed by atoms with van der Waals surface area (Å²) in [5.74, 6) is -0.222. The fraction of sp³-hybridized carbons (Fsp3) is 0.889. The monoisotopic (exact) mass is 170 g/mol. The second-order valence-electron chi connectivity index (χ2n) is 4.29. The van der Waals surface area contributed by atoms with Gasteiger partial charge >= 0.3 is 0 Å². The van der Waals surface area contributed by atoms with Gasteiger partial charge in [0.25, 0.3) is 0 Å². The van der Waals surface area contributed by atoms with Crippen LogP contribution in [-0.2, 0) is 4.79 Å². The molecule has 1 saturated carbocycles. The Morgan fingerprint density at radius 3 is 2.42 bits per heavy atom. The van der Waals surface area contributed by atoms with Gasteiger partial charge in [0, 0.05) is 12.0 Å². The van der Waals surface area contributed by atoms with E-state index in [1.165, 1.54) is 12.8 Å². The molecule has 0 radical (unpaired) electrons. The van der Waals surface area contributed by atoms with E-state index in [1.54, 1.807) is 0 Å². The van der Waals surface area contributed by atoms with E-state index in [0.29, 0.717) is 6.42 Å². The lowest BCUT2D eigenvalue weighted by molar-refractivity contribution is -0.119. The first kappa shape index (κ1) is 9.52. The van der Waals surface area contributed by atoms with Gasteiger partial charge in [-0.05, 0) is 32.2 Å². The van der Waals surface area contributed by atoms with Gasteiger partial charge in [-0.2, -0.15) is 0 Å². The second kappa shape index (κ2) is 2.73. The highest BCUT2D eigenvalue weighted by Crippen LogP contribution is 2.54. The lowest BCUT2D eigenvalue weighted by atomic mass is 9.81. The third-order valence-electron chi connectivity index (χ3n) is 3.41. The number of primary amides is 1. The molecule has 1 aliphatic carbocycles. The van der Waals surface area contributed by atoms with Gasteiger partial charge in [0.2, 0.25) is 5.91 Å². The Kier molecular flexibility index (Phi) is 2.17. The molecule has 0 aromatic rings. The summed E-state index contributed by atoms with van der Waals surface area (Å²) in [6.07, 6.45) is 2.81. The van der Waals surface area contributed by atoms with Crippen LogP contribution in [0.1, 0.15) is 33.1 Å². The summed E-state index contributed by atoms with van der Waals surface area (Å²) in [4.78, 5) is 10.8. The van der Waals surface area contributed by atoms with E-state index >= 15 is 0 Å². The van der Waals surface area contributed by atoms with Gasteiger partial charge in [-0.15, -0.1) is 0 Å². The minimum atomic E-state index is -0.222. The van der Waals surface area contributed by atoms with Gasteiger partial charge in [0.1, 0.15) is 0 Å². The van der Waals surface area contributed by atoms with Crippen LogP contribution < -0.4 is 11.1 Å². The van der Waals surface area contributed by atoms with Gasteiger partial charge in [-0.1, -0.05) is 6.92 Å². The Morgan fingerprint density at radius 1 is 1.67 bits per heavy atom. The number of nitrogens with one attached hydrogen (secondary N) is 1. The third-order valence-corrected chi connectivity index (χ3v) is 3.41. The topological polar surface area (TPSA) is 55.1 Å². The highest BCUT2D eigenvalue weighted by atomic mass is 16.1. The van der Waals surface area contributed by atoms with Crippen LogP contribution in [0.3, 0.4) is 0 Å². The predicted molar refractivity (Wildman–Crippen MR) is 48.6 cm³/mol. The predicted octanol–water partition coefficient (Wildman–Crippen LogP) is 0.640. The minimum absolute atomic E-state index is 0.112. The summed E-state index contributed by atoms with van der Waals surface area (Å²) in [7, 11) is 1.90. The molecule has 1 fully saturated rings. The zero-order valence-corrected chi connectivity index (χ0v) is 8.11. The van der Waals surface area contributed by atoms with Crippen molar-refractivity contribution in [2.45, 2.75) is 38.6 Å². The van der Waals surface area contributed by atoms with E-state index < -0.39 is 0 Å². The highest BCUT2D eigenvalue weighted by molar-refractivity contribution is 5.75. The van der Waals surface area contributed by atoms with E-state index in [4.69, 9.17) is 5.73 Å². The van der Waals surface area contributed by atoms with Gasteiger partial charge in [-0.3, -0.25) is 4.79 Å². The van der Waals surface area contributed by atoms with Crippen LogP contribution in [0.2, 0.25) is 0 Å². The Morgan fingerprint density at radius 2 is 2.17 bits per heavy atom. The van der Waals surface area contributed by atoms with E-state index in [2.05, 4.69) is 19.2 Å². The summed E-state index contributed by atoms with van der Waals surface area (Å²) in [6, 6.07) is 0. The average Bonchev–Trinajstić information content (AvgIpc) is 2.68. The van der Waals surface area contributed by atoms with Crippen molar-refractivity contribution in [3.05, 3.63) is 0 Å². The molecule has 0 aromatic heterocycles. The molecule has 0 aliphatic heterocycles. The molecule has 0 saturated heterocycles. The normalized spacial score (nSPS) is 24.6. The minimum Gasteiger partial charge on any atom is -0.370 e. The molecule has 70 valence electrons. The molecule has 0 aromatic carbocycles. The summed E-state index contributed by atoms with van der Waals surface area (Å²) in [5.41, 5.74) is 5.36. The molecule has 1 atom stereocenters. The van der Waals surface area contributed by atoms with Gasteiger partial charge in [0.15, 0.2) is 0 Å². The maximum absolute atomic E-state index is 10.8. The molecule has 3 N–H and O–H groups in total. The van der Waals surface area contributed by atoms with Crippen LogP contribution >= 0.6 is 0 Å². The van der Waals surface area contributed by atoms with Crippen molar-refractivity contribution in [1.82, 2.24) is 5.32 Å². The largest absolute Gasteiger partial charge is 0.370 e. The van der Waals surface area contributed by atoms with Gasteiger partial charge in [0.05, 0.1) is 0 Å². The van der Waals surface area contributed by atoms with Crippen LogP contribution in [0.5, 0.6) is 0 Å². The van der Waals surface area contributed by atoms with Crippen molar-refractivity contribution in [3.63, 3.8) is 0 Å². The summed E-state index contributed by atoms with van der Waals surface area (Å²) in [5, 5.41) is 3.21. The van der Waals surface area contributed by atoms with Crippen molar-refractivity contribution in [1.29, 1.82) is 0 Å². The van der Waals surface area contributed by atoms with Crippen molar-refractivity contribution in [3.8, 4) is 0 Å². The maximum atomic E-state index is 10.8. The zero-order valence-electron chi connectivity index (χ0n) is 8.11. The molecule has 1 unspecified atom stereocenters. The quantitative estimate of drug-likeness (QED) is 0.650. The van der Waals surface area contributed by atoms with E-state index in [1.807, 2.05) is 7.05 Å². The molecule has 3 heteroatoms. The van der Waals surface area contributed by atoms with E-state index in [-0.39, 0.29) is 16.9 Å². The number of rotatable bonds is 4. The lowest BCUT2D eigenvalue weighted by Gasteiger charge is -2.35. The lowest BCUT2D eigenvalue weighted by Crippen LogP contribution is -2.49. The Bertz CT molecular complexity index is 199. The fourth-order valence-corrected chi connectivity index (χ4v) is 1.69. The molecule has 0 spiro atoms. The highest BCUT2D eigenvalue weighted by Gasteiger charge is 2.52. The smallest absolute Gasteiger partial charge is 0.219 e. The van der Waals surface area contributed by atoms with Gasteiger partial charge < -0.3 is 11.1 Å². The first-order chi connectivity index (χ1) is 5.43. The number of carbonyl (C=O) groups excluding carboxylic acids is 1. The molecule has 3 nitrogen and oxygen atoms in total. The summed E-state index contributed by atoms with van der Waals surface area (Å²) >= 11 is 0. The number of hydrogen-bond acceptors (Lipinski definition) is 2. The molecule has 12 heavy (non-hydrogen) atoms. The van der Waals surface area contributed by atoms with Crippen molar-refractivity contribution in [2.24, 2.45) is 11.1 Å². The number of hydrogen-bond donors (Lipinski definition) is 2. The zero-order chi connectivity index (χ0) is 9.41. The van der Waals surface area contributed by atoms with Crippen LogP contribution in [0.4, 0.5) is 0 Å². The summed E-state index contributed by atoms with van der Waals surface area (Å²) < 4.78 is 0. The number of nitrogens with two attached hydrogens (primary N) is 1. The first-order valence-electron chi connectivity index (χ1n) is 4.41. The fourth-order valence-electron chi connectivity index (χ4n) is 1.69. The molecular weight excluding hydrogens is 152 g/mol. The molecule has 0 bridgehead atoms. The molecule has 0 heterocycles. The van der Waals surface area contributed by atoms with Crippen LogP contribution in [0, 0.1) is 5.41 Å².